The molecule has 0 nitrogen and oxygen atoms in total. The van der Waals surface area contributed by atoms with Gasteiger partial charge in [-0.3, -0.25) is 0 Å². The highest BCUT2D eigenvalue weighted by atomic mass is 32.2. The highest BCUT2D eigenvalue weighted by Gasteiger charge is 2.21. The summed E-state index contributed by atoms with van der Waals surface area (Å²) in [6.07, 6.45) is 6.78. The Morgan fingerprint density at radius 1 is 1.24 bits per heavy atom. The monoisotopic (exact) mass is 248 g/mol. The van der Waals surface area contributed by atoms with E-state index in [1.54, 1.807) is 0 Å². The Morgan fingerprint density at radius 2 is 2.00 bits per heavy atom. The summed E-state index contributed by atoms with van der Waals surface area (Å²) in [4.78, 5) is 1.47. The average Bonchev–Trinajstić information content (AvgIpc) is 3.18. The summed E-state index contributed by atoms with van der Waals surface area (Å²) in [5.74, 6) is 3.20. The molecule has 0 N–H and O–H groups in total. The van der Waals surface area contributed by atoms with Gasteiger partial charge in [0.1, 0.15) is 0 Å². The van der Waals surface area contributed by atoms with Crippen molar-refractivity contribution >= 4 is 11.8 Å². The van der Waals surface area contributed by atoms with Crippen LogP contribution in [-0.2, 0) is 6.42 Å². The van der Waals surface area contributed by atoms with Crippen molar-refractivity contribution in [3.8, 4) is 0 Å². The maximum Gasteiger partial charge on any atom is 0.00747 e. The maximum absolute atomic E-state index is 2.41. The van der Waals surface area contributed by atoms with Gasteiger partial charge in [-0.1, -0.05) is 38.8 Å². The van der Waals surface area contributed by atoms with E-state index in [2.05, 4.69) is 38.1 Å². The van der Waals surface area contributed by atoms with E-state index in [0.717, 1.165) is 11.8 Å². The first-order valence-corrected chi connectivity index (χ1v) is 8.02. The fraction of sp³-hybridized carbons (Fsp3) is 0.625. The summed E-state index contributed by atoms with van der Waals surface area (Å²) < 4.78 is 0. The van der Waals surface area contributed by atoms with Gasteiger partial charge in [0, 0.05) is 10.6 Å². The van der Waals surface area contributed by atoms with Crippen molar-refractivity contribution in [3.05, 3.63) is 29.8 Å². The Morgan fingerprint density at radius 3 is 2.65 bits per heavy atom. The average molecular weight is 248 g/mol. The summed E-state index contributed by atoms with van der Waals surface area (Å²) in [5, 5.41) is 0. The second-order valence-corrected chi connectivity index (χ2v) is 6.38. The second-order valence-electron chi connectivity index (χ2n) is 5.29. The van der Waals surface area contributed by atoms with Crippen molar-refractivity contribution in [2.45, 2.75) is 50.8 Å². The van der Waals surface area contributed by atoms with Crippen molar-refractivity contribution in [1.29, 1.82) is 0 Å². The van der Waals surface area contributed by atoms with E-state index >= 15 is 0 Å². The van der Waals surface area contributed by atoms with Crippen LogP contribution < -0.4 is 0 Å². The molecule has 0 heterocycles. The van der Waals surface area contributed by atoms with Crippen LogP contribution in [0, 0.1) is 11.8 Å². The molecule has 2 rings (SSSR count). The van der Waals surface area contributed by atoms with Crippen LogP contribution in [0.2, 0.25) is 0 Å². The van der Waals surface area contributed by atoms with Gasteiger partial charge in [0.05, 0.1) is 0 Å². The van der Waals surface area contributed by atoms with Crippen LogP contribution in [0.15, 0.2) is 29.2 Å². The molecule has 0 spiro atoms. The normalized spacial score (nSPS) is 15.5. The lowest BCUT2D eigenvalue weighted by molar-refractivity contribution is 0.490. The summed E-state index contributed by atoms with van der Waals surface area (Å²) in [6.45, 7) is 4.61. The lowest BCUT2D eigenvalue weighted by Crippen LogP contribution is -2.01. The molecule has 0 amide bonds. The number of thioether (sulfide) groups is 1. The fourth-order valence-corrected chi connectivity index (χ4v) is 3.34. The molecule has 1 aromatic rings. The number of benzene rings is 1. The van der Waals surface area contributed by atoms with Crippen LogP contribution in [-0.4, -0.2) is 5.75 Å². The Balaban J connectivity index is 1.89. The van der Waals surface area contributed by atoms with Crippen LogP contribution >= 0.6 is 11.8 Å². The molecule has 0 saturated heterocycles. The molecule has 1 fully saturated rings. The SMILES string of the molecule is CCC(CC)Cc1cccc(SCC2CC2)c1. The Labute approximate surface area is 110 Å². The lowest BCUT2D eigenvalue weighted by Gasteiger charge is -2.12. The molecule has 0 atom stereocenters. The van der Waals surface area contributed by atoms with Gasteiger partial charge in [-0.2, -0.15) is 0 Å². The quantitative estimate of drug-likeness (QED) is 0.600. The van der Waals surface area contributed by atoms with Crippen LogP contribution in [0.4, 0.5) is 0 Å². The summed E-state index contributed by atoms with van der Waals surface area (Å²) >= 11 is 2.05. The van der Waals surface area contributed by atoms with Gasteiger partial charge < -0.3 is 0 Å². The van der Waals surface area contributed by atoms with Crippen molar-refractivity contribution in [2.24, 2.45) is 11.8 Å². The lowest BCUT2D eigenvalue weighted by atomic mass is 9.95. The van der Waals surface area contributed by atoms with Crippen LogP contribution in [0.1, 0.15) is 45.1 Å². The Hall–Kier alpha value is -0.430. The first-order chi connectivity index (χ1) is 8.31. The predicted molar refractivity (Wildman–Crippen MR) is 77.7 cm³/mol. The summed E-state index contributed by atoms with van der Waals surface area (Å²) in [5.41, 5.74) is 1.53. The molecule has 0 bridgehead atoms. The molecule has 1 aromatic carbocycles. The molecule has 1 aliphatic carbocycles. The second kappa shape index (κ2) is 6.49. The van der Waals surface area contributed by atoms with Gasteiger partial charge in [-0.25, -0.2) is 0 Å². The zero-order valence-electron chi connectivity index (χ0n) is 11.1. The van der Waals surface area contributed by atoms with Gasteiger partial charge in [-0.15, -0.1) is 11.8 Å². The minimum atomic E-state index is 0.860. The van der Waals surface area contributed by atoms with Crippen LogP contribution in [0.25, 0.3) is 0 Å². The third-order valence-corrected chi connectivity index (χ3v) is 4.99. The van der Waals surface area contributed by atoms with Crippen molar-refractivity contribution in [1.82, 2.24) is 0 Å². The van der Waals surface area contributed by atoms with Gasteiger partial charge in [0.15, 0.2) is 0 Å². The third kappa shape index (κ3) is 4.39. The smallest absolute Gasteiger partial charge is 0.00747 e. The Kier molecular flexibility index (Phi) is 4.97. The molecule has 1 saturated carbocycles. The molecule has 0 radical (unpaired) electrons. The van der Waals surface area contributed by atoms with E-state index in [9.17, 15) is 0 Å². The minimum absolute atomic E-state index is 0.860. The van der Waals surface area contributed by atoms with Crippen molar-refractivity contribution < 1.29 is 0 Å². The minimum Gasteiger partial charge on any atom is -0.126 e. The number of hydrogen-bond acceptors (Lipinski definition) is 1. The predicted octanol–water partition coefficient (Wildman–Crippen LogP) is 5.17. The standard InChI is InChI=1S/C16H24S/c1-3-13(4-2)10-15-6-5-7-16(11-15)17-12-14-8-9-14/h5-7,11,13-14H,3-4,8-10,12H2,1-2H3. The van der Waals surface area contributed by atoms with Crippen molar-refractivity contribution in [3.63, 3.8) is 0 Å². The van der Waals surface area contributed by atoms with Gasteiger partial charge in [-0.05, 0) is 48.8 Å². The van der Waals surface area contributed by atoms with E-state index in [-0.39, 0.29) is 0 Å². The first-order valence-electron chi connectivity index (χ1n) is 7.03. The molecule has 94 valence electrons. The van der Waals surface area contributed by atoms with Gasteiger partial charge in [0.25, 0.3) is 0 Å². The first kappa shape index (κ1) is 13.0. The number of hydrogen-bond donors (Lipinski definition) is 0. The molecule has 1 aliphatic rings. The molecular weight excluding hydrogens is 224 g/mol. The van der Waals surface area contributed by atoms with Crippen molar-refractivity contribution in [2.75, 3.05) is 5.75 Å². The van der Waals surface area contributed by atoms with Crippen LogP contribution in [0.3, 0.4) is 0 Å². The van der Waals surface area contributed by atoms with Crippen LogP contribution in [0.5, 0.6) is 0 Å². The highest BCUT2D eigenvalue weighted by Crippen LogP contribution is 2.35. The topological polar surface area (TPSA) is 0 Å². The largest absolute Gasteiger partial charge is 0.126 e. The van der Waals surface area contributed by atoms with E-state index in [0.29, 0.717) is 0 Å². The highest BCUT2D eigenvalue weighted by molar-refractivity contribution is 7.99. The molecular formula is C16H24S. The molecule has 0 aliphatic heterocycles. The summed E-state index contributed by atoms with van der Waals surface area (Å²) in [6, 6.07) is 9.20. The zero-order chi connectivity index (χ0) is 12.1. The van der Waals surface area contributed by atoms with E-state index in [1.165, 1.54) is 48.3 Å². The third-order valence-electron chi connectivity index (χ3n) is 3.76. The summed E-state index contributed by atoms with van der Waals surface area (Å²) in [7, 11) is 0. The molecule has 17 heavy (non-hydrogen) atoms. The molecule has 0 unspecified atom stereocenters. The maximum atomic E-state index is 2.41. The molecule has 1 heteroatoms. The van der Waals surface area contributed by atoms with Gasteiger partial charge >= 0.3 is 0 Å². The number of rotatable bonds is 7. The fourth-order valence-electron chi connectivity index (χ4n) is 2.17. The zero-order valence-corrected chi connectivity index (χ0v) is 11.9. The Bertz CT molecular complexity index is 337. The van der Waals surface area contributed by atoms with Gasteiger partial charge in [0.2, 0.25) is 0 Å². The van der Waals surface area contributed by atoms with E-state index in [1.807, 2.05) is 11.8 Å². The van der Waals surface area contributed by atoms with E-state index < -0.39 is 0 Å². The molecule has 0 aromatic heterocycles. The van der Waals surface area contributed by atoms with E-state index in [4.69, 9.17) is 0 Å².